The van der Waals surface area contributed by atoms with E-state index in [1.165, 1.54) is 6.20 Å². The van der Waals surface area contributed by atoms with E-state index in [0.29, 0.717) is 56.7 Å². The van der Waals surface area contributed by atoms with Gasteiger partial charge in [0, 0.05) is 100 Å². The molecule has 14 nitrogen and oxygen atoms in total. The second-order valence-electron chi connectivity index (χ2n) is 12.6. The lowest BCUT2D eigenvalue weighted by Crippen LogP contribution is -2.52. The van der Waals surface area contributed by atoms with E-state index in [9.17, 15) is 4.21 Å². The standard InChI is InChI=1S/C34H41ClN12O2S/c1-44-13-15-46(16-14-44)23-7-11-47(12-8-23)29-18-30(49-3)28(17-24(29)22-19-39-45(2)21-22)41-34-38-20-25(35)33(42-34)40-27-6-5-26-31(37-10-9-36-26)32(27)43-50(4)48/h5-6,9-10,17-21,23,43H,7-8,11-16H2,1-4H3,(H2,38,40,41,42). The molecule has 50 heavy (non-hydrogen) atoms. The first-order chi connectivity index (χ1) is 24.2. The number of nitrogens with one attached hydrogen (secondary N) is 3. The number of halogens is 1. The van der Waals surface area contributed by atoms with Crippen molar-refractivity contribution in [2.45, 2.75) is 18.9 Å². The van der Waals surface area contributed by atoms with E-state index < -0.39 is 11.0 Å². The minimum Gasteiger partial charge on any atom is -0.494 e. The highest BCUT2D eigenvalue weighted by Gasteiger charge is 2.29. The van der Waals surface area contributed by atoms with Gasteiger partial charge in [-0.15, -0.1) is 0 Å². The molecular formula is C34H41ClN12O2S. The van der Waals surface area contributed by atoms with E-state index in [0.717, 1.165) is 68.9 Å². The second-order valence-corrected chi connectivity index (χ2v) is 14.2. The molecule has 3 aromatic heterocycles. The highest BCUT2D eigenvalue weighted by molar-refractivity contribution is 7.85. The summed E-state index contributed by atoms with van der Waals surface area (Å²) in [6.45, 7) is 6.44. The molecule has 2 aliphatic rings. The third kappa shape index (κ3) is 7.31. The van der Waals surface area contributed by atoms with Gasteiger partial charge in [-0.05, 0) is 38.1 Å². The van der Waals surface area contributed by atoms with Crippen molar-refractivity contribution in [3.63, 3.8) is 0 Å². The van der Waals surface area contributed by atoms with Gasteiger partial charge in [-0.1, -0.05) is 11.6 Å². The molecule has 2 aliphatic heterocycles. The maximum atomic E-state index is 12.2. The normalized spacial score (nSPS) is 16.8. The van der Waals surface area contributed by atoms with Crippen LogP contribution in [0.3, 0.4) is 0 Å². The van der Waals surface area contributed by atoms with Crippen LogP contribution in [0.5, 0.6) is 5.75 Å². The lowest BCUT2D eigenvalue weighted by Gasteiger charge is -2.43. The first-order valence-electron chi connectivity index (χ1n) is 16.5. The number of hydrogen-bond donors (Lipinski definition) is 3. The van der Waals surface area contributed by atoms with E-state index in [4.69, 9.17) is 21.3 Å². The fourth-order valence-electron chi connectivity index (χ4n) is 6.70. The molecule has 262 valence electrons. The molecule has 3 N–H and O–H groups in total. The molecule has 2 fully saturated rings. The van der Waals surface area contributed by atoms with Crippen LogP contribution in [0.2, 0.25) is 5.02 Å². The van der Waals surface area contributed by atoms with Crippen LogP contribution in [-0.4, -0.2) is 109 Å². The van der Waals surface area contributed by atoms with Crippen LogP contribution in [-0.2, 0) is 18.0 Å². The van der Waals surface area contributed by atoms with Crippen LogP contribution in [0.1, 0.15) is 12.8 Å². The van der Waals surface area contributed by atoms with Gasteiger partial charge in [0.25, 0.3) is 0 Å². The number of piperazine rings is 1. The van der Waals surface area contributed by atoms with Crippen molar-refractivity contribution in [1.29, 1.82) is 0 Å². The summed E-state index contributed by atoms with van der Waals surface area (Å²) >= 11 is 6.60. The summed E-state index contributed by atoms with van der Waals surface area (Å²) in [5.74, 6) is 1.32. The maximum Gasteiger partial charge on any atom is 0.229 e. The Balaban J connectivity index is 1.17. The first kappa shape index (κ1) is 33.9. The summed E-state index contributed by atoms with van der Waals surface area (Å²) in [5.41, 5.74) is 6.15. The summed E-state index contributed by atoms with van der Waals surface area (Å²) < 4.78 is 23.0. The molecular weight excluding hydrogens is 676 g/mol. The molecule has 5 heterocycles. The third-order valence-corrected chi connectivity index (χ3v) is 10.1. The van der Waals surface area contributed by atoms with Gasteiger partial charge in [-0.25, -0.2) is 9.19 Å². The molecule has 0 spiro atoms. The van der Waals surface area contributed by atoms with Gasteiger partial charge in [0.05, 0.1) is 42.1 Å². The second kappa shape index (κ2) is 14.7. The molecule has 2 saturated heterocycles. The number of fused-ring (bicyclic) bond motifs is 1. The predicted octanol–water partition coefficient (Wildman–Crippen LogP) is 4.89. The van der Waals surface area contributed by atoms with Gasteiger partial charge in [0.1, 0.15) is 27.3 Å². The molecule has 1 unspecified atom stereocenters. The number of benzene rings is 2. The van der Waals surface area contributed by atoms with Crippen molar-refractivity contribution < 1.29 is 8.95 Å². The molecule has 0 bridgehead atoms. The molecule has 2 aromatic carbocycles. The van der Waals surface area contributed by atoms with E-state index in [1.54, 1.807) is 25.8 Å². The zero-order valence-electron chi connectivity index (χ0n) is 28.6. The molecule has 1 atom stereocenters. The van der Waals surface area contributed by atoms with Gasteiger partial charge < -0.3 is 29.9 Å². The summed E-state index contributed by atoms with van der Waals surface area (Å²) in [6.07, 6.45) is 12.4. The molecule has 0 aliphatic carbocycles. The lowest BCUT2D eigenvalue weighted by atomic mass is 9.98. The number of rotatable bonds is 10. The predicted molar refractivity (Wildman–Crippen MR) is 200 cm³/mol. The topological polar surface area (TPSA) is 141 Å². The maximum absolute atomic E-state index is 12.2. The van der Waals surface area contributed by atoms with Gasteiger partial charge in [-0.3, -0.25) is 19.5 Å². The third-order valence-electron chi connectivity index (χ3n) is 9.32. The van der Waals surface area contributed by atoms with Crippen LogP contribution in [0.4, 0.5) is 34.5 Å². The SMILES string of the molecule is COc1cc(N2CCC(N3CCN(C)CC3)CC2)c(-c2cnn(C)c2)cc1Nc1ncc(Cl)c(Nc2ccc3nccnc3c2NS(C)=O)n1. The number of methoxy groups -OCH3 is 1. The van der Waals surface area contributed by atoms with Gasteiger partial charge >= 0.3 is 0 Å². The minimum atomic E-state index is -1.37. The molecule has 16 heteroatoms. The van der Waals surface area contributed by atoms with Crippen LogP contribution in [0.15, 0.2) is 55.2 Å². The van der Waals surface area contributed by atoms with E-state index >= 15 is 0 Å². The molecule has 0 radical (unpaired) electrons. The number of piperidine rings is 1. The van der Waals surface area contributed by atoms with E-state index in [-0.39, 0.29) is 0 Å². The number of aromatic nitrogens is 6. The average Bonchev–Trinajstić information content (AvgIpc) is 3.56. The highest BCUT2D eigenvalue weighted by Crippen LogP contribution is 2.42. The quantitative estimate of drug-likeness (QED) is 0.181. The van der Waals surface area contributed by atoms with Gasteiger partial charge in [0.15, 0.2) is 5.82 Å². The van der Waals surface area contributed by atoms with Crippen LogP contribution >= 0.6 is 11.6 Å². The van der Waals surface area contributed by atoms with Crippen molar-refractivity contribution in [3.05, 3.63) is 60.3 Å². The van der Waals surface area contributed by atoms with E-state index in [2.05, 4.69) is 69.3 Å². The Kier molecular flexibility index (Phi) is 9.99. The molecule has 5 aromatic rings. The summed E-state index contributed by atoms with van der Waals surface area (Å²) in [6, 6.07) is 8.41. The van der Waals surface area contributed by atoms with Crippen LogP contribution in [0.25, 0.3) is 22.2 Å². The Labute approximate surface area is 298 Å². The number of aryl methyl sites for hydroxylation is 1. The van der Waals surface area contributed by atoms with Gasteiger partial charge in [0.2, 0.25) is 5.95 Å². The van der Waals surface area contributed by atoms with Crippen molar-refractivity contribution in [3.8, 4) is 16.9 Å². The van der Waals surface area contributed by atoms with Crippen molar-refractivity contribution >= 4 is 68.1 Å². The monoisotopic (exact) mass is 716 g/mol. The Morgan fingerprint density at radius 2 is 1.72 bits per heavy atom. The first-order valence-corrected chi connectivity index (χ1v) is 18.5. The Morgan fingerprint density at radius 1 is 0.940 bits per heavy atom. The summed E-state index contributed by atoms with van der Waals surface area (Å²) in [7, 11) is 4.42. The minimum absolute atomic E-state index is 0.303. The summed E-state index contributed by atoms with van der Waals surface area (Å²) in [5, 5.41) is 11.4. The number of nitrogens with zero attached hydrogens (tertiary/aromatic N) is 9. The fourth-order valence-corrected chi connectivity index (χ4v) is 7.33. The smallest absolute Gasteiger partial charge is 0.229 e. The largest absolute Gasteiger partial charge is 0.494 e. The Bertz CT molecular complexity index is 2010. The van der Waals surface area contributed by atoms with Crippen LogP contribution in [0, 0.1) is 0 Å². The molecule has 7 rings (SSSR count). The van der Waals surface area contributed by atoms with Gasteiger partial charge in [-0.2, -0.15) is 10.1 Å². The lowest BCUT2D eigenvalue weighted by molar-refractivity contribution is 0.0982. The Morgan fingerprint density at radius 3 is 2.44 bits per heavy atom. The zero-order chi connectivity index (χ0) is 34.8. The molecule has 0 saturated carbocycles. The van der Waals surface area contributed by atoms with Crippen molar-refractivity contribution in [2.75, 3.05) is 79.9 Å². The van der Waals surface area contributed by atoms with Crippen molar-refractivity contribution in [2.24, 2.45) is 7.05 Å². The van der Waals surface area contributed by atoms with E-state index in [1.807, 2.05) is 36.3 Å². The van der Waals surface area contributed by atoms with Crippen LogP contribution < -0.4 is 25.0 Å². The number of ether oxygens (including phenoxy) is 1. The Hall–Kier alpha value is -4.57. The summed E-state index contributed by atoms with van der Waals surface area (Å²) in [4.78, 5) is 25.6. The number of hydrogen-bond acceptors (Lipinski definition) is 12. The van der Waals surface area contributed by atoms with Crippen molar-refractivity contribution in [1.82, 2.24) is 39.5 Å². The fraction of sp³-hybridized carbons (Fsp3) is 0.382. The zero-order valence-corrected chi connectivity index (χ0v) is 30.1. The average molecular weight is 717 g/mol. The highest BCUT2D eigenvalue weighted by atomic mass is 35.5. The number of anilines is 6. The number of likely N-dealkylation sites (N-methyl/N-ethyl adjacent to an activating group) is 1. The molecule has 0 amide bonds.